The lowest BCUT2D eigenvalue weighted by molar-refractivity contribution is -0.137. The number of methoxy groups -OCH3 is 2. The number of hydrogen-bond acceptors (Lipinski definition) is 8. The molecule has 14 heteroatoms. The number of piperidine rings is 1. The first kappa shape index (κ1) is 36.2. The molecule has 0 saturated carbocycles. The van der Waals surface area contributed by atoms with E-state index in [4.69, 9.17) is 21.1 Å². The number of rotatable bonds is 12. The van der Waals surface area contributed by atoms with Crippen molar-refractivity contribution in [3.63, 3.8) is 0 Å². The van der Waals surface area contributed by atoms with Crippen molar-refractivity contribution in [2.24, 2.45) is 0 Å². The Bertz CT molecular complexity index is 1860. The minimum absolute atomic E-state index is 0.0447. The summed E-state index contributed by atoms with van der Waals surface area (Å²) in [5.41, 5.74) is 0.980. The molecule has 49 heavy (non-hydrogen) atoms. The fraction of sp³-hybridized carbons (Fsp3) is 0.371. The number of benzene rings is 3. The quantitative estimate of drug-likeness (QED) is 0.154. The molecule has 1 saturated heterocycles. The highest BCUT2D eigenvalue weighted by atomic mass is 35.5. The molecular formula is C35H39ClF3N5O4S. The van der Waals surface area contributed by atoms with E-state index in [2.05, 4.69) is 19.8 Å². The molecule has 4 aromatic rings. The summed E-state index contributed by atoms with van der Waals surface area (Å²) in [5, 5.41) is 0.0447. The molecule has 0 radical (unpaired) electrons. The fourth-order valence-corrected chi connectivity index (χ4v) is 8.19. The first-order chi connectivity index (χ1) is 23.3. The average Bonchev–Trinajstić information content (AvgIpc) is 3.09. The monoisotopic (exact) mass is 717 g/mol. The van der Waals surface area contributed by atoms with Crippen molar-refractivity contribution in [1.29, 1.82) is 0 Å². The summed E-state index contributed by atoms with van der Waals surface area (Å²) in [6, 6.07) is 17.0. The van der Waals surface area contributed by atoms with Crippen LogP contribution in [0.4, 0.5) is 24.7 Å². The first-order valence-electron chi connectivity index (χ1n) is 15.7. The number of aryl methyl sites for hydroxylation is 1. The smallest absolute Gasteiger partial charge is 0.416 e. The van der Waals surface area contributed by atoms with Crippen LogP contribution in [0.1, 0.15) is 36.0 Å². The Labute approximate surface area is 290 Å². The summed E-state index contributed by atoms with van der Waals surface area (Å²) >= 11 is 6.78. The molecule has 0 N–H and O–H groups in total. The molecule has 9 nitrogen and oxygen atoms in total. The summed E-state index contributed by atoms with van der Waals surface area (Å²) < 4.78 is 80.6. The van der Waals surface area contributed by atoms with Crippen molar-refractivity contribution < 1.29 is 31.1 Å². The van der Waals surface area contributed by atoms with Gasteiger partial charge >= 0.3 is 6.18 Å². The molecule has 0 bridgehead atoms. The molecule has 0 aliphatic carbocycles. The predicted octanol–water partition coefficient (Wildman–Crippen LogP) is 7.09. The lowest BCUT2D eigenvalue weighted by Gasteiger charge is -2.48. The Morgan fingerprint density at radius 3 is 2.47 bits per heavy atom. The van der Waals surface area contributed by atoms with Crippen molar-refractivity contribution in [2.45, 2.75) is 48.8 Å². The molecular weight excluding hydrogens is 679 g/mol. The first-order valence-corrected chi connectivity index (χ1v) is 17.5. The van der Waals surface area contributed by atoms with E-state index in [0.717, 1.165) is 28.9 Å². The topological polar surface area (TPSA) is 88.1 Å². The highest BCUT2D eigenvalue weighted by Crippen LogP contribution is 2.38. The molecule has 1 atom stereocenters. The number of likely N-dealkylation sites (N-methyl/N-ethyl adjacent to an activating group) is 1. The standard InChI is InChI=1S/C35H39ClF3N5O4S/c1-42(2)34(16-13-25-7-5-8-27(19-25)35(37,38)39)15-6-18-43(23-34)28-10-12-32(30(36)20-28)49(45,46)44(33-14-17-40-24-41-33)22-26-9-11-29(47-3)21-31(26)48-4/h5,7-12,14,17,19-21,24H,6,13,15-16,18,22-23H2,1-4H3. The Kier molecular flexibility index (Phi) is 10.9. The van der Waals surface area contributed by atoms with Crippen LogP contribution in [0.5, 0.6) is 11.5 Å². The Hall–Kier alpha value is -4.07. The minimum Gasteiger partial charge on any atom is -0.497 e. The van der Waals surface area contributed by atoms with Crippen LogP contribution in [0.2, 0.25) is 5.02 Å². The Balaban J connectivity index is 1.41. The maximum absolute atomic E-state index is 14.3. The van der Waals surface area contributed by atoms with Crippen molar-refractivity contribution in [3.05, 3.63) is 101 Å². The third-order valence-corrected chi connectivity index (χ3v) is 11.3. The van der Waals surface area contributed by atoms with E-state index in [1.54, 1.807) is 36.4 Å². The maximum atomic E-state index is 14.3. The van der Waals surface area contributed by atoms with Gasteiger partial charge in [-0.05, 0) is 81.7 Å². The van der Waals surface area contributed by atoms with Crippen molar-refractivity contribution >= 4 is 33.1 Å². The second kappa shape index (κ2) is 14.8. The van der Waals surface area contributed by atoms with E-state index in [9.17, 15) is 21.6 Å². The number of halogens is 4. The molecule has 2 heterocycles. The van der Waals surface area contributed by atoms with Gasteiger partial charge in [-0.1, -0.05) is 29.8 Å². The van der Waals surface area contributed by atoms with Crippen molar-refractivity contribution in [1.82, 2.24) is 14.9 Å². The number of ether oxygens (including phenoxy) is 2. The molecule has 1 aromatic heterocycles. The summed E-state index contributed by atoms with van der Waals surface area (Å²) in [6.45, 7) is 1.20. The predicted molar refractivity (Wildman–Crippen MR) is 184 cm³/mol. The lowest BCUT2D eigenvalue weighted by atomic mass is 9.82. The van der Waals surface area contributed by atoms with Crippen molar-refractivity contribution in [2.75, 3.05) is 50.6 Å². The minimum atomic E-state index is -4.40. The van der Waals surface area contributed by atoms with Gasteiger partial charge in [-0.15, -0.1) is 0 Å². The highest BCUT2D eigenvalue weighted by molar-refractivity contribution is 7.93. The van der Waals surface area contributed by atoms with Gasteiger partial charge in [-0.25, -0.2) is 22.7 Å². The molecule has 1 aliphatic heterocycles. The zero-order valence-electron chi connectivity index (χ0n) is 27.7. The van der Waals surface area contributed by atoms with E-state index in [-0.39, 0.29) is 27.8 Å². The van der Waals surface area contributed by atoms with E-state index < -0.39 is 21.8 Å². The number of nitrogens with zero attached hydrogens (tertiary/aromatic N) is 5. The van der Waals surface area contributed by atoms with E-state index in [1.807, 2.05) is 14.1 Å². The molecule has 3 aromatic carbocycles. The lowest BCUT2D eigenvalue weighted by Crippen LogP contribution is -2.56. The van der Waals surface area contributed by atoms with Crippen LogP contribution in [-0.2, 0) is 29.2 Å². The zero-order valence-corrected chi connectivity index (χ0v) is 29.3. The fourth-order valence-electron chi connectivity index (χ4n) is 6.28. The van der Waals surface area contributed by atoms with Crippen LogP contribution in [0.3, 0.4) is 0 Å². The Morgan fingerprint density at radius 1 is 1.02 bits per heavy atom. The molecule has 0 spiro atoms. The van der Waals surface area contributed by atoms with E-state index >= 15 is 0 Å². The average molecular weight is 718 g/mol. The van der Waals surface area contributed by atoms with Gasteiger partial charge in [-0.2, -0.15) is 13.2 Å². The number of hydrogen-bond donors (Lipinski definition) is 0. The summed E-state index contributed by atoms with van der Waals surface area (Å²) in [5.74, 6) is 1.15. The van der Waals surface area contributed by atoms with Gasteiger partial charge in [0, 0.05) is 48.2 Å². The number of anilines is 2. The largest absolute Gasteiger partial charge is 0.497 e. The van der Waals surface area contributed by atoms with Crippen LogP contribution in [0.15, 0.2) is 84.1 Å². The van der Waals surface area contributed by atoms with E-state index in [0.29, 0.717) is 48.6 Å². The van der Waals surface area contributed by atoms with Crippen LogP contribution in [0, 0.1) is 0 Å². The van der Waals surface area contributed by atoms with Gasteiger partial charge in [0.1, 0.15) is 28.5 Å². The second-order valence-electron chi connectivity index (χ2n) is 12.2. The van der Waals surface area contributed by atoms with Crippen molar-refractivity contribution in [3.8, 4) is 11.5 Å². The molecule has 0 amide bonds. The van der Waals surface area contributed by atoms with Crippen LogP contribution in [-0.4, -0.2) is 70.2 Å². The van der Waals surface area contributed by atoms with Crippen LogP contribution >= 0.6 is 11.6 Å². The third kappa shape index (κ3) is 8.05. The molecule has 262 valence electrons. The van der Waals surface area contributed by atoms with Gasteiger partial charge in [0.25, 0.3) is 10.0 Å². The zero-order chi connectivity index (χ0) is 35.4. The number of aromatic nitrogens is 2. The van der Waals surface area contributed by atoms with Gasteiger partial charge in [0.2, 0.25) is 0 Å². The van der Waals surface area contributed by atoms with Gasteiger partial charge in [-0.3, -0.25) is 0 Å². The molecule has 1 aliphatic rings. The summed E-state index contributed by atoms with van der Waals surface area (Å²) in [6.07, 6.45) is 1.15. The number of sulfonamides is 1. The third-order valence-electron chi connectivity index (χ3n) is 9.12. The second-order valence-corrected chi connectivity index (χ2v) is 14.5. The maximum Gasteiger partial charge on any atom is 0.416 e. The number of alkyl halides is 3. The van der Waals surface area contributed by atoms with Crippen LogP contribution in [0.25, 0.3) is 0 Å². The SMILES string of the molecule is COc1ccc(CN(c2ccncn2)S(=O)(=O)c2ccc(N3CCCC(CCc4cccc(C(F)(F)F)c4)(N(C)C)C3)cc2Cl)c(OC)c1. The summed E-state index contributed by atoms with van der Waals surface area (Å²) in [7, 11) is 2.75. The van der Waals surface area contributed by atoms with Crippen LogP contribution < -0.4 is 18.7 Å². The highest BCUT2D eigenvalue weighted by Gasteiger charge is 2.38. The Morgan fingerprint density at radius 2 is 1.82 bits per heavy atom. The normalized spacial score (nSPS) is 16.9. The van der Waals surface area contributed by atoms with Gasteiger partial charge in [0.05, 0.1) is 31.4 Å². The molecule has 1 unspecified atom stereocenters. The van der Waals surface area contributed by atoms with E-state index in [1.165, 1.54) is 51.0 Å². The van der Waals surface area contributed by atoms with Gasteiger partial charge < -0.3 is 19.3 Å². The molecule has 1 fully saturated rings. The van der Waals surface area contributed by atoms with Gasteiger partial charge in [0.15, 0.2) is 0 Å². The molecule has 5 rings (SSSR count). The summed E-state index contributed by atoms with van der Waals surface area (Å²) in [4.78, 5) is 12.4.